The van der Waals surface area contributed by atoms with Crippen molar-refractivity contribution in [1.29, 1.82) is 0 Å². The van der Waals surface area contributed by atoms with Gasteiger partial charge in [0.2, 0.25) is 0 Å². The molecule has 0 saturated heterocycles. The van der Waals surface area contributed by atoms with E-state index in [0.29, 0.717) is 6.54 Å². The van der Waals surface area contributed by atoms with E-state index >= 15 is 0 Å². The summed E-state index contributed by atoms with van der Waals surface area (Å²) in [6, 6.07) is 14.7. The first-order valence-electron chi connectivity index (χ1n) is 6.89. The molecule has 0 spiro atoms. The zero-order valence-electron chi connectivity index (χ0n) is 11.6. The molecule has 0 heterocycles. The van der Waals surface area contributed by atoms with Gasteiger partial charge in [-0.3, -0.25) is 0 Å². The average Bonchev–Trinajstić information content (AvgIpc) is 2.47. The maximum absolute atomic E-state index is 12.7. The molecule has 0 fully saturated rings. The summed E-state index contributed by atoms with van der Waals surface area (Å²) >= 11 is 0. The quantitative estimate of drug-likeness (QED) is 0.765. The normalized spacial score (nSPS) is 10.8. The van der Waals surface area contributed by atoms with E-state index in [9.17, 15) is 8.78 Å². The molecular weight excluding hydrogens is 256 g/mol. The molecule has 106 valence electrons. The smallest absolute Gasteiger partial charge is 0.263 e. The summed E-state index contributed by atoms with van der Waals surface area (Å²) in [4.78, 5) is 0. The maximum Gasteiger partial charge on any atom is 0.263 e. The van der Waals surface area contributed by atoms with E-state index in [1.165, 1.54) is 11.6 Å². The second-order valence-electron chi connectivity index (χ2n) is 4.81. The molecule has 2 aromatic carbocycles. The van der Waals surface area contributed by atoms with Crippen LogP contribution in [-0.2, 0) is 13.0 Å². The van der Waals surface area contributed by atoms with Crippen molar-refractivity contribution in [3.05, 3.63) is 65.2 Å². The Hall–Kier alpha value is -1.90. The highest BCUT2D eigenvalue weighted by Crippen LogP contribution is 2.21. The van der Waals surface area contributed by atoms with Gasteiger partial charge in [0, 0.05) is 17.8 Å². The number of benzene rings is 2. The molecule has 1 N–H and O–H groups in total. The third kappa shape index (κ3) is 3.80. The Morgan fingerprint density at radius 1 is 1.05 bits per heavy atom. The van der Waals surface area contributed by atoms with E-state index in [4.69, 9.17) is 0 Å². The molecule has 2 aromatic rings. The predicted octanol–water partition coefficient (Wildman–Crippen LogP) is 5.19. The lowest BCUT2D eigenvalue weighted by Gasteiger charge is -2.12. The zero-order chi connectivity index (χ0) is 14.4. The van der Waals surface area contributed by atoms with E-state index in [2.05, 4.69) is 18.3 Å². The number of para-hydroxylation sites is 1. The van der Waals surface area contributed by atoms with Crippen molar-refractivity contribution in [2.45, 2.75) is 32.7 Å². The summed E-state index contributed by atoms with van der Waals surface area (Å²) in [6.45, 7) is 2.70. The molecule has 0 amide bonds. The number of anilines is 1. The van der Waals surface area contributed by atoms with Crippen LogP contribution in [0.5, 0.6) is 0 Å². The third-order valence-electron chi connectivity index (χ3n) is 3.22. The second kappa shape index (κ2) is 7.04. The molecule has 0 aliphatic carbocycles. The number of aryl methyl sites for hydroxylation is 1. The number of halogens is 2. The monoisotopic (exact) mass is 275 g/mol. The average molecular weight is 275 g/mol. The highest BCUT2D eigenvalue weighted by Gasteiger charge is 2.07. The summed E-state index contributed by atoms with van der Waals surface area (Å²) in [5, 5.41) is 3.34. The lowest BCUT2D eigenvalue weighted by atomic mass is 10.1. The fraction of sp³-hybridized carbons (Fsp3) is 0.294. The lowest BCUT2D eigenvalue weighted by molar-refractivity contribution is 0.151. The Morgan fingerprint density at radius 2 is 1.85 bits per heavy atom. The minimum Gasteiger partial charge on any atom is -0.381 e. The molecule has 2 rings (SSSR count). The van der Waals surface area contributed by atoms with Crippen LogP contribution in [0, 0.1) is 0 Å². The Balaban J connectivity index is 2.07. The molecule has 3 heteroatoms. The fourth-order valence-electron chi connectivity index (χ4n) is 2.22. The predicted molar refractivity (Wildman–Crippen MR) is 79.2 cm³/mol. The molecule has 0 unspecified atom stereocenters. The molecule has 0 aliphatic heterocycles. The number of hydrogen-bond donors (Lipinski definition) is 1. The van der Waals surface area contributed by atoms with Crippen molar-refractivity contribution < 1.29 is 8.78 Å². The Morgan fingerprint density at radius 3 is 2.60 bits per heavy atom. The highest BCUT2D eigenvalue weighted by atomic mass is 19.3. The third-order valence-corrected chi connectivity index (χ3v) is 3.22. The van der Waals surface area contributed by atoms with Crippen molar-refractivity contribution in [2.75, 3.05) is 5.32 Å². The van der Waals surface area contributed by atoms with Gasteiger partial charge < -0.3 is 5.32 Å². The molecule has 0 aromatic heterocycles. The fourth-order valence-corrected chi connectivity index (χ4v) is 2.22. The van der Waals surface area contributed by atoms with Gasteiger partial charge in [0.15, 0.2) is 0 Å². The largest absolute Gasteiger partial charge is 0.381 e. The minimum absolute atomic E-state index is 0.0751. The van der Waals surface area contributed by atoms with Gasteiger partial charge in [0.25, 0.3) is 6.43 Å². The first-order chi connectivity index (χ1) is 9.70. The van der Waals surface area contributed by atoms with Crippen molar-refractivity contribution in [2.24, 2.45) is 0 Å². The van der Waals surface area contributed by atoms with E-state index in [-0.39, 0.29) is 5.56 Å². The van der Waals surface area contributed by atoms with Gasteiger partial charge in [0.05, 0.1) is 0 Å². The first kappa shape index (κ1) is 14.5. The van der Waals surface area contributed by atoms with Gasteiger partial charge >= 0.3 is 0 Å². The number of alkyl halides is 2. The van der Waals surface area contributed by atoms with E-state index in [1.54, 1.807) is 12.1 Å². The standard InChI is InChI=1S/C17H19F2N/c1-2-6-14-8-3-4-10-16(14)20-12-13-7-5-9-15(11-13)17(18)19/h3-5,7-11,17,20H,2,6,12H2,1H3. The van der Waals surface area contributed by atoms with Crippen LogP contribution in [0.2, 0.25) is 0 Å². The number of rotatable bonds is 6. The van der Waals surface area contributed by atoms with Crippen LogP contribution in [0.1, 0.15) is 36.5 Å². The Bertz CT molecular complexity index is 552. The summed E-state index contributed by atoms with van der Waals surface area (Å²) < 4.78 is 25.3. The van der Waals surface area contributed by atoms with Crippen LogP contribution in [0.25, 0.3) is 0 Å². The number of hydrogen-bond acceptors (Lipinski definition) is 1. The van der Waals surface area contributed by atoms with E-state index in [0.717, 1.165) is 24.1 Å². The van der Waals surface area contributed by atoms with Crippen LogP contribution in [0.3, 0.4) is 0 Å². The van der Waals surface area contributed by atoms with E-state index in [1.807, 2.05) is 24.3 Å². The SMILES string of the molecule is CCCc1ccccc1NCc1cccc(C(F)F)c1. The molecule has 0 saturated carbocycles. The summed E-state index contributed by atoms with van der Waals surface area (Å²) in [7, 11) is 0. The van der Waals surface area contributed by atoms with Gasteiger partial charge in [0.1, 0.15) is 0 Å². The van der Waals surface area contributed by atoms with Crippen molar-refractivity contribution >= 4 is 5.69 Å². The minimum atomic E-state index is -2.41. The Labute approximate surface area is 118 Å². The molecule has 20 heavy (non-hydrogen) atoms. The molecule has 1 nitrogen and oxygen atoms in total. The van der Waals surface area contributed by atoms with Crippen LogP contribution in [0.4, 0.5) is 14.5 Å². The molecule has 0 atom stereocenters. The van der Waals surface area contributed by atoms with Gasteiger partial charge in [-0.05, 0) is 29.7 Å². The molecule has 0 bridgehead atoms. The molecular formula is C17H19F2N. The van der Waals surface area contributed by atoms with Crippen molar-refractivity contribution in [3.63, 3.8) is 0 Å². The zero-order valence-corrected chi connectivity index (χ0v) is 11.6. The van der Waals surface area contributed by atoms with Crippen molar-refractivity contribution in [3.8, 4) is 0 Å². The summed E-state index contributed by atoms with van der Waals surface area (Å²) in [5.41, 5.74) is 3.29. The maximum atomic E-state index is 12.7. The van der Waals surface area contributed by atoms with Crippen LogP contribution in [0.15, 0.2) is 48.5 Å². The topological polar surface area (TPSA) is 12.0 Å². The van der Waals surface area contributed by atoms with Gasteiger partial charge in [-0.15, -0.1) is 0 Å². The molecule has 0 aliphatic rings. The van der Waals surface area contributed by atoms with Gasteiger partial charge in [-0.25, -0.2) is 8.78 Å². The first-order valence-corrected chi connectivity index (χ1v) is 6.89. The highest BCUT2D eigenvalue weighted by molar-refractivity contribution is 5.51. The van der Waals surface area contributed by atoms with Gasteiger partial charge in [-0.1, -0.05) is 49.7 Å². The number of nitrogens with one attached hydrogen (secondary N) is 1. The van der Waals surface area contributed by atoms with Gasteiger partial charge in [-0.2, -0.15) is 0 Å². The summed E-state index contributed by atoms with van der Waals surface area (Å²) in [5.74, 6) is 0. The van der Waals surface area contributed by atoms with Crippen LogP contribution < -0.4 is 5.32 Å². The lowest BCUT2D eigenvalue weighted by Crippen LogP contribution is -2.03. The second-order valence-corrected chi connectivity index (χ2v) is 4.81. The van der Waals surface area contributed by atoms with Crippen molar-refractivity contribution in [1.82, 2.24) is 0 Å². The van der Waals surface area contributed by atoms with Crippen LogP contribution >= 0.6 is 0 Å². The van der Waals surface area contributed by atoms with Crippen LogP contribution in [-0.4, -0.2) is 0 Å². The Kier molecular flexibility index (Phi) is 5.10. The summed E-state index contributed by atoms with van der Waals surface area (Å²) in [6.07, 6.45) is -0.317. The van der Waals surface area contributed by atoms with E-state index < -0.39 is 6.43 Å². The molecule has 0 radical (unpaired) electrons.